The van der Waals surface area contributed by atoms with Crippen LogP contribution in [0.3, 0.4) is 0 Å². The summed E-state index contributed by atoms with van der Waals surface area (Å²) in [6, 6.07) is 4.28. The molecule has 0 heterocycles. The summed E-state index contributed by atoms with van der Waals surface area (Å²) in [5.74, 6) is -1.21. The van der Waals surface area contributed by atoms with Gasteiger partial charge < -0.3 is 9.84 Å². The molecule has 3 nitrogen and oxygen atoms in total. The van der Waals surface area contributed by atoms with Crippen LogP contribution in [0.15, 0.2) is 23.1 Å². The van der Waals surface area contributed by atoms with Crippen LogP contribution in [0.4, 0.5) is 4.39 Å². The number of halogens is 1. The molecular weight excluding hydrogens is 231 g/mol. The van der Waals surface area contributed by atoms with Crippen LogP contribution in [-0.4, -0.2) is 30.5 Å². The van der Waals surface area contributed by atoms with Crippen LogP contribution >= 0.6 is 11.8 Å². The predicted octanol–water partition coefficient (Wildman–Crippen LogP) is 2.65. The second-order valence-electron chi connectivity index (χ2n) is 3.11. The number of ether oxygens (including phenoxy) is 1. The molecule has 1 N–H and O–H groups in total. The average molecular weight is 244 g/mol. The van der Waals surface area contributed by atoms with E-state index in [-0.39, 0.29) is 5.56 Å². The highest BCUT2D eigenvalue weighted by atomic mass is 32.2. The molecule has 0 aliphatic carbocycles. The van der Waals surface area contributed by atoms with E-state index in [2.05, 4.69) is 0 Å². The van der Waals surface area contributed by atoms with Crippen LogP contribution in [0.25, 0.3) is 0 Å². The lowest BCUT2D eigenvalue weighted by Gasteiger charge is -2.06. The monoisotopic (exact) mass is 244 g/mol. The van der Waals surface area contributed by atoms with Crippen molar-refractivity contribution >= 4 is 17.7 Å². The minimum absolute atomic E-state index is 0.245. The molecule has 0 aliphatic heterocycles. The summed E-state index contributed by atoms with van der Waals surface area (Å²) < 4.78 is 18.1. The Balaban J connectivity index is 2.71. The molecule has 16 heavy (non-hydrogen) atoms. The van der Waals surface area contributed by atoms with Crippen LogP contribution < -0.4 is 0 Å². The van der Waals surface area contributed by atoms with Gasteiger partial charge in [0, 0.05) is 24.4 Å². The molecule has 0 unspecified atom stereocenters. The summed E-state index contributed by atoms with van der Waals surface area (Å²) in [6.45, 7) is 0.616. The maximum Gasteiger partial charge on any atom is 0.339 e. The molecule has 1 rings (SSSR count). The Morgan fingerprint density at radius 1 is 1.56 bits per heavy atom. The molecule has 0 fully saturated rings. The lowest BCUT2D eigenvalue weighted by atomic mass is 10.2. The third-order valence-corrected chi connectivity index (χ3v) is 3.08. The first kappa shape index (κ1) is 13.0. The number of carboxylic acid groups (broad SMARTS) is 1. The number of methoxy groups -OCH3 is 1. The van der Waals surface area contributed by atoms with Crippen LogP contribution in [0.5, 0.6) is 0 Å². The van der Waals surface area contributed by atoms with Crippen molar-refractivity contribution in [3.8, 4) is 0 Å². The zero-order chi connectivity index (χ0) is 12.0. The van der Waals surface area contributed by atoms with Gasteiger partial charge in [-0.1, -0.05) is 6.07 Å². The van der Waals surface area contributed by atoms with Crippen LogP contribution in [0.2, 0.25) is 0 Å². The predicted molar refractivity (Wildman–Crippen MR) is 60.6 cm³/mol. The van der Waals surface area contributed by atoms with E-state index in [1.54, 1.807) is 13.2 Å². The van der Waals surface area contributed by atoms with Crippen molar-refractivity contribution in [2.75, 3.05) is 19.5 Å². The van der Waals surface area contributed by atoms with Crippen molar-refractivity contribution < 1.29 is 19.0 Å². The first-order valence-corrected chi connectivity index (χ1v) is 5.79. The molecule has 0 aliphatic rings. The zero-order valence-corrected chi connectivity index (χ0v) is 9.72. The minimum Gasteiger partial charge on any atom is -0.478 e. The van der Waals surface area contributed by atoms with Crippen molar-refractivity contribution in [3.63, 3.8) is 0 Å². The fourth-order valence-corrected chi connectivity index (χ4v) is 2.20. The van der Waals surface area contributed by atoms with E-state index < -0.39 is 11.8 Å². The highest BCUT2D eigenvalue weighted by Gasteiger charge is 2.15. The van der Waals surface area contributed by atoms with Crippen molar-refractivity contribution in [1.29, 1.82) is 0 Å². The van der Waals surface area contributed by atoms with Crippen LogP contribution in [-0.2, 0) is 4.74 Å². The van der Waals surface area contributed by atoms with Gasteiger partial charge in [-0.05, 0) is 18.6 Å². The van der Waals surface area contributed by atoms with Gasteiger partial charge in [0.15, 0.2) is 0 Å². The largest absolute Gasteiger partial charge is 0.478 e. The number of benzene rings is 1. The summed E-state index contributed by atoms with van der Waals surface area (Å²) >= 11 is 1.33. The molecule has 0 radical (unpaired) electrons. The fourth-order valence-electron chi connectivity index (χ4n) is 1.22. The first-order valence-electron chi connectivity index (χ1n) is 4.80. The molecule has 0 saturated carbocycles. The van der Waals surface area contributed by atoms with Gasteiger partial charge in [0.05, 0.1) is 0 Å². The van der Waals surface area contributed by atoms with Gasteiger partial charge >= 0.3 is 5.97 Å². The van der Waals surface area contributed by atoms with E-state index in [9.17, 15) is 9.18 Å². The Bertz CT molecular complexity index is 368. The second-order valence-corrected chi connectivity index (χ2v) is 4.25. The molecule has 5 heteroatoms. The number of hydrogen-bond donors (Lipinski definition) is 1. The lowest BCUT2D eigenvalue weighted by molar-refractivity contribution is 0.0688. The van der Waals surface area contributed by atoms with E-state index in [0.717, 1.165) is 12.5 Å². The van der Waals surface area contributed by atoms with E-state index in [1.165, 1.54) is 17.8 Å². The van der Waals surface area contributed by atoms with Gasteiger partial charge in [0.25, 0.3) is 0 Å². The zero-order valence-electron chi connectivity index (χ0n) is 8.90. The molecule has 0 amide bonds. The molecule has 0 bridgehead atoms. The number of aromatic carboxylic acids is 1. The maximum atomic E-state index is 13.3. The number of thioether (sulfide) groups is 1. The van der Waals surface area contributed by atoms with Gasteiger partial charge in [0.1, 0.15) is 11.4 Å². The number of carboxylic acids is 1. The van der Waals surface area contributed by atoms with Crippen molar-refractivity contribution in [3.05, 3.63) is 29.6 Å². The SMILES string of the molecule is COCCCSc1cccc(F)c1C(=O)O. The van der Waals surface area contributed by atoms with Gasteiger partial charge in [-0.2, -0.15) is 0 Å². The van der Waals surface area contributed by atoms with E-state index >= 15 is 0 Å². The van der Waals surface area contributed by atoms with Gasteiger partial charge in [-0.15, -0.1) is 11.8 Å². The van der Waals surface area contributed by atoms with Gasteiger partial charge in [-0.3, -0.25) is 0 Å². The number of rotatable bonds is 6. The normalized spacial score (nSPS) is 10.4. The number of hydrogen-bond acceptors (Lipinski definition) is 3. The summed E-state index contributed by atoms with van der Waals surface area (Å²) in [4.78, 5) is 11.3. The highest BCUT2D eigenvalue weighted by Crippen LogP contribution is 2.25. The molecule has 1 aromatic carbocycles. The third kappa shape index (κ3) is 3.50. The Hall–Kier alpha value is -1.07. The Labute approximate surface area is 97.6 Å². The molecule has 0 atom stereocenters. The number of carbonyl (C=O) groups is 1. The Kier molecular flexibility index (Phi) is 5.28. The standard InChI is InChI=1S/C11H13FO3S/c1-15-6-3-7-16-9-5-2-4-8(12)10(9)11(13)14/h2,4-5H,3,6-7H2,1H3,(H,13,14). The minimum atomic E-state index is -1.23. The van der Waals surface area contributed by atoms with Crippen molar-refractivity contribution in [2.45, 2.75) is 11.3 Å². The maximum absolute atomic E-state index is 13.3. The summed E-state index contributed by atoms with van der Waals surface area (Å²) in [7, 11) is 1.61. The van der Waals surface area contributed by atoms with Gasteiger partial charge in [-0.25, -0.2) is 9.18 Å². The van der Waals surface area contributed by atoms with E-state index in [4.69, 9.17) is 9.84 Å². The van der Waals surface area contributed by atoms with E-state index in [1.807, 2.05) is 0 Å². The quantitative estimate of drug-likeness (QED) is 0.617. The van der Waals surface area contributed by atoms with Gasteiger partial charge in [0.2, 0.25) is 0 Å². The first-order chi connectivity index (χ1) is 7.66. The van der Waals surface area contributed by atoms with Crippen LogP contribution in [0.1, 0.15) is 16.8 Å². The van der Waals surface area contributed by atoms with Crippen LogP contribution in [0, 0.1) is 5.82 Å². The second kappa shape index (κ2) is 6.50. The molecule has 88 valence electrons. The Morgan fingerprint density at radius 2 is 2.31 bits per heavy atom. The van der Waals surface area contributed by atoms with E-state index in [0.29, 0.717) is 17.3 Å². The lowest BCUT2D eigenvalue weighted by Crippen LogP contribution is -2.03. The summed E-state index contributed by atoms with van der Waals surface area (Å²) in [5, 5.41) is 8.87. The molecule has 1 aromatic rings. The highest BCUT2D eigenvalue weighted by molar-refractivity contribution is 7.99. The summed E-state index contributed by atoms with van der Waals surface area (Å²) in [5.41, 5.74) is -0.245. The topological polar surface area (TPSA) is 46.5 Å². The molecule has 0 spiro atoms. The summed E-state index contributed by atoms with van der Waals surface area (Å²) in [6.07, 6.45) is 0.802. The smallest absolute Gasteiger partial charge is 0.339 e. The Morgan fingerprint density at radius 3 is 2.94 bits per heavy atom. The fraction of sp³-hybridized carbons (Fsp3) is 0.364. The molecule has 0 saturated heterocycles. The third-order valence-electron chi connectivity index (χ3n) is 1.94. The average Bonchev–Trinajstić information content (AvgIpc) is 2.24. The van der Waals surface area contributed by atoms with Crippen molar-refractivity contribution in [1.82, 2.24) is 0 Å². The molecule has 0 aromatic heterocycles. The molecular formula is C11H13FO3S. The van der Waals surface area contributed by atoms with Crippen molar-refractivity contribution in [2.24, 2.45) is 0 Å².